The van der Waals surface area contributed by atoms with Crippen molar-refractivity contribution in [3.05, 3.63) is 84.7 Å². The van der Waals surface area contributed by atoms with Crippen LogP contribution in [0.1, 0.15) is 108 Å². The summed E-state index contributed by atoms with van der Waals surface area (Å²) in [5, 5.41) is 17.3. The molecule has 0 bridgehead atoms. The molecule has 49 heavy (non-hydrogen) atoms. The fourth-order valence-corrected chi connectivity index (χ4v) is 9.22. The van der Waals surface area contributed by atoms with E-state index in [-0.39, 0.29) is 41.9 Å². The Hall–Kier alpha value is -4.24. The Balaban J connectivity index is 0.000000154. The van der Waals surface area contributed by atoms with Crippen LogP contribution in [0.25, 0.3) is 22.5 Å². The second-order valence-corrected chi connectivity index (χ2v) is 14.6. The van der Waals surface area contributed by atoms with E-state index in [9.17, 15) is 14.7 Å². The summed E-state index contributed by atoms with van der Waals surface area (Å²) in [4.78, 5) is 31.9. The monoisotopic (exact) mass is 662 g/mol. The van der Waals surface area contributed by atoms with Gasteiger partial charge in [-0.15, -0.1) is 0 Å². The Bertz CT molecular complexity index is 1760. The van der Waals surface area contributed by atoms with Crippen molar-refractivity contribution in [3.8, 4) is 22.5 Å². The predicted octanol–water partition coefficient (Wildman–Crippen LogP) is 6.83. The topological polar surface area (TPSA) is 114 Å². The van der Waals surface area contributed by atoms with Crippen LogP contribution in [-0.2, 0) is 9.59 Å². The summed E-state index contributed by atoms with van der Waals surface area (Å²) in [6.07, 6.45) is 19.3. The van der Waals surface area contributed by atoms with Gasteiger partial charge in [-0.05, 0) is 55.6 Å². The van der Waals surface area contributed by atoms with Crippen molar-refractivity contribution in [2.45, 2.75) is 115 Å². The van der Waals surface area contributed by atoms with Crippen molar-refractivity contribution >= 4 is 11.8 Å². The Morgan fingerprint density at radius 3 is 1.90 bits per heavy atom. The third kappa shape index (κ3) is 6.95. The lowest BCUT2D eigenvalue weighted by Crippen LogP contribution is -2.46. The van der Waals surface area contributed by atoms with E-state index in [0.717, 1.165) is 37.8 Å². The molecule has 2 amide bonds. The number of hydrogen-bond donors (Lipinski definition) is 3. The van der Waals surface area contributed by atoms with Crippen LogP contribution in [0.2, 0.25) is 0 Å². The van der Waals surface area contributed by atoms with Crippen molar-refractivity contribution in [2.75, 3.05) is 0 Å². The fourth-order valence-electron chi connectivity index (χ4n) is 9.22. The SMILES string of the molecule is CC(=O)NC(CC1c2ccccc2-c2cncn21)C1CCCCC1.CC(=O)NC1CCCCC1C(O)CC1c2ccccc2-c2cncn21. The summed E-state index contributed by atoms with van der Waals surface area (Å²) in [6.45, 7) is 3.20. The molecule has 4 aliphatic rings. The van der Waals surface area contributed by atoms with Crippen LogP contribution >= 0.6 is 0 Å². The molecular weight excluding hydrogens is 612 g/mol. The maximum Gasteiger partial charge on any atom is 0.217 e. The largest absolute Gasteiger partial charge is 0.393 e. The highest BCUT2D eigenvalue weighted by Gasteiger charge is 2.37. The molecule has 2 saturated carbocycles. The van der Waals surface area contributed by atoms with Crippen LogP contribution in [0.15, 0.2) is 73.6 Å². The first kappa shape index (κ1) is 33.3. The number of rotatable bonds is 8. The van der Waals surface area contributed by atoms with Gasteiger partial charge in [-0.3, -0.25) is 9.59 Å². The number of benzene rings is 2. The van der Waals surface area contributed by atoms with Crippen molar-refractivity contribution in [3.63, 3.8) is 0 Å². The Morgan fingerprint density at radius 1 is 0.755 bits per heavy atom. The number of aliphatic hydroxyl groups excluding tert-OH is 1. The van der Waals surface area contributed by atoms with Gasteiger partial charge in [-0.2, -0.15) is 0 Å². The molecule has 9 heteroatoms. The van der Waals surface area contributed by atoms with E-state index in [0.29, 0.717) is 12.3 Å². The maximum atomic E-state index is 11.8. The molecule has 2 aromatic carbocycles. The molecule has 8 rings (SSSR count). The molecule has 6 atom stereocenters. The zero-order valence-corrected chi connectivity index (χ0v) is 28.8. The lowest BCUT2D eigenvalue weighted by Gasteiger charge is -2.36. The normalized spacial score (nSPS) is 23.6. The fraction of sp³-hybridized carbons (Fsp3) is 0.500. The first-order valence-electron chi connectivity index (χ1n) is 18.3. The van der Waals surface area contributed by atoms with E-state index in [2.05, 4.69) is 72.2 Å². The standard InChI is InChI=1S/C20H25N3O2.C20H25N3O/c1-13(24)22-17-9-5-4-8-16(17)20(25)10-18-14-6-2-3-7-15(14)19-11-21-12-23(18)19;1-14(24)22-18(15-7-3-2-4-8-15)11-19-16-9-5-6-10-17(16)20-12-21-13-23(19)20/h2-3,6-7,11-12,16-18,20,25H,4-5,8-10H2,1H3,(H,22,24);5-6,9-10,12-13,15,18-19H,2-4,7-8,11H2,1H3,(H,22,24). The molecule has 0 spiro atoms. The van der Waals surface area contributed by atoms with Crippen LogP contribution in [0, 0.1) is 11.8 Å². The summed E-state index contributed by atoms with van der Waals surface area (Å²) in [6, 6.07) is 17.7. The Morgan fingerprint density at radius 2 is 1.31 bits per heavy atom. The highest BCUT2D eigenvalue weighted by Crippen LogP contribution is 2.44. The van der Waals surface area contributed by atoms with Gasteiger partial charge in [-0.25, -0.2) is 9.97 Å². The van der Waals surface area contributed by atoms with Gasteiger partial charge in [0, 0.05) is 43.0 Å². The molecule has 4 aromatic rings. The molecule has 9 nitrogen and oxygen atoms in total. The quantitative estimate of drug-likeness (QED) is 0.192. The number of fused-ring (bicyclic) bond motifs is 6. The summed E-state index contributed by atoms with van der Waals surface area (Å²) in [5.41, 5.74) is 7.42. The number of nitrogens with one attached hydrogen (secondary N) is 2. The molecule has 0 radical (unpaired) electrons. The minimum atomic E-state index is -0.441. The smallest absolute Gasteiger partial charge is 0.217 e. The molecule has 6 unspecified atom stereocenters. The number of hydrogen-bond acceptors (Lipinski definition) is 5. The molecule has 258 valence electrons. The molecule has 2 aromatic heterocycles. The minimum absolute atomic E-state index is 0.00721. The maximum absolute atomic E-state index is 11.8. The molecule has 2 fully saturated rings. The number of amides is 2. The van der Waals surface area contributed by atoms with Gasteiger partial charge in [0.05, 0.1) is 54.6 Å². The highest BCUT2D eigenvalue weighted by molar-refractivity contribution is 5.74. The van der Waals surface area contributed by atoms with E-state index in [1.807, 2.05) is 31.1 Å². The summed E-state index contributed by atoms with van der Waals surface area (Å²) in [5.74, 6) is 0.801. The van der Waals surface area contributed by atoms with Crippen LogP contribution < -0.4 is 10.6 Å². The lowest BCUT2D eigenvalue weighted by atomic mass is 9.78. The zero-order valence-electron chi connectivity index (χ0n) is 28.8. The number of nitrogens with zero attached hydrogens (tertiary/aromatic N) is 4. The molecule has 0 saturated heterocycles. The third-order valence-electron chi connectivity index (χ3n) is 11.4. The van der Waals surface area contributed by atoms with E-state index in [1.165, 1.54) is 60.1 Å². The summed E-state index contributed by atoms with van der Waals surface area (Å²) in [7, 11) is 0. The van der Waals surface area contributed by atoms with Crippen molar-refractivity contribution < 1.29 is 14.7 Å². The number of carbonyl (C=O) groups is 2. The van der Waals surface area contributed by atoms with Gasteiger partial charge in [0.25, 0.3) is 0 Å². The average Bonchev–Trinajstić information content (AvgIpc) is 3.89. The minimum Gasteiger partial charge on any atom is -0.393 e. The Labute approximate surface area is 289 Å². The molecule has 2 aliphatic heterocycles. The van der Waals surface area contributed by atoms with Crippen LogP contribution in [0.3, 0.4) is 0 Å². The zero-order chi connectivity index (χ0) is 33.9. The van der Waals surface area contributed by atoms with E-state index in [4.69, 9.17) is 0 Å². The molecule has 2 aliphatic carbocycles. The molecular formula is C40H50N6O3. The van der Waals surface area contributed by atoms with Crippen molar-refractivity contribution in [1.82, 2.24) is 29.7 Å². The Kier molecular flexibility index (Phi) is 9.98. The van der Waals surface area contributed by atoms with E-state index < -0.39 is 6.10 Å². The first-order chi connectivity index (χ1) is 23.9. The highest BCUT2D eigenvalue weighted by atomic mass is 16.3. The third-order valence-corrected chi connectivity index (χ3v) is 11.4. The second-order valence-electron chi connectivity index (χ2n) is 14.6. The number of carbonyl (C=O) groups excluding carboxylic acids is 2. The van der Waals surface area contributed by atoms with E-state index >= 15 is 0 Å². The van der Waals surface area contributed by atoms with Gasteiger partial charge < -0.3 is 24.9 Å². The van der Waals surface area contributed by atoms with Crippen LogP contribution in [-0.4, -0.2) is 54.2 Å². The van der Waals surface area contributed by atoms with Gasteiger partial charge in [0.15, 0.2) is 0 Å². The van der Waals surface area contributed by atoms with Crippen LogP contribution in [0.4, 0.5) is 0 Å². The van der Waals surface area contributed by atoms with Gasteiger partial charge in [-0.1, -0.05) is 80.6 Å². The van der Waals surface area contributed by atoms with Crippen LogP contribution in [0.5, 0.6) is 0 Å². The predicted molar refractivity (Wildman–Crippen MR) is 191 cm³/mol. The van der Waals surface area contributed by atoms with Gasteiger partial charge in [0.2, 0.25) is 11.8 Å². The average molecular weight is 663 g/mol. The number of imidazole rings is 2. The van der Waals surface area contributed by atoms with Crippen molar-refractivity contribution in [2.24, 2.45) is 11.8 Å². The molecule has 3 N–H and O–H groups in total. The lowest BCUT2D eigenvalue weighted by molar-refractivity contribution is -0.121. The second kappa shape index (κ2) is 14.7. The molecule has 4 heterocycles. The van der Waals surface area contributed by atoms with Crippen molar-refractivity contribution in [1.29, 1.82) is 0 Å². The first-order valence-corrected chi connectivity index (χ1v) is 18.3. The summed E-state index contributed by atoms with van der Waals surface area (Å²) < 4.78 is 4.45. The summed E-state index contributed by atoms with van der Waals surface area (Å²) >= 11 is 0. The van der Waals surface area contributed by atoms with Gasteiger partial charge >= 0.3 is 0 Å². The van der Waals surface area contributed by atoms with Gasteiger partial charge in [0.1, 0.15) is 0 Å². The van der Waals surface area contributed by atoms with E-state index in [1.54, 1.807) is 13.8 Å². The number of aliphatic hydroxyl groups is 1. The number of aromatic nitrogens is 4.